The third-order valence-electron chi connectivity index (χ3n) is 4.06. The summed E-state index contributed by atoms with van der Waals surface area (Å²) < 4.78 is 0. The highest BCUT2D eigenvalue weighted by molar-refractivity contribution is 7.15. The van der Waals surface area contributed by atoms with E-state index in [0.29, 0.717) is 6.04 Å². The number of carbonyl (C=O) groups excluding carboxylic acids is 2. The highest BCUT2D eigenvalue weighted by atomic mass is 32.1. The number of nitrogens with zero attached hydrogens (tertiary/aromatic N) is 2. The van der Waals surface area contributed by atoms with Crippen molar-refractivity contribution in [2.45, 2.75) is 45.2 Å². The summed E-state index contributed by atoms with van der Waals surface area (Å²) in [7, 11) is 0. The van der Waals surface area contributed by atoms with Crippen molar-refractivity contribution in [2.75, 3.05) is 18.0 Å². The van der Waals surface area contributed by atoms with Gasteiger partial charge in [-0.05, 0) is 32.7 Å². The number of thiazole rings is 1. The van der Waals surface area contributed by atoms with E-state index in [4.69, 9.17) is 4.98 Å². The van der Waals surface area contributed by atoms with Crippen molar-refractivity contribution in [1.29, 1.82) is 0 Å². The average molecular weight is 308 g/mol. The molecule has 2 atom stereocenters. The molecule has 0 saturated carbocycles. The molecule has 0 spiro atoms. The van der Waals surface area contributed by atoms with E-state index in [-0.39, 0.29) is 24.4 Å². The minimum Gasteiger partial charge on any atom is -0.327 e. The molecule has 3 rings (SSSR count). The van der Waals surface area contributed by atoms with Crippen LogP contribution >= 0.6 is 11.3 Å². The fourth-order valence-corrected chi connectivity index (χ4v) is 4.22. The first-order valence-electron chi connectivity index (χ1n) is 7.43. The number of carbonyl (C=O) groups is 2. The van der Waals surface area contributed by atoms with Crippen LogP contribution in [0.3, 0.4) is 0 Å². The third kappa shape index (κ3) is 2.67. The minimum atomic E-state index is -0.354. The van der Waals surface area contributed by atoms with Crippen molar-refractivity contribution >= 4 is 28.3 Å². The fraction of sp³-hybridized carbons (Fsp3) is 0.643. The van der Waals surface area contributed by atoms with E-state index in [1.165, 1.54) is 4.88 Å². The van der Waals surface area contributed by atoms with Crippen LogP contribution in [0.15, 0.2) is 0 Å². The van der Waals surface area contributed by atoms with Gasteiger partial charge in [0.2, 0.25) is 11.8 Å². The summed E-state index contributed by atoms with van der Waals surface area (Å²) in [6, 6.07) is 0.00233. The van der Waals surface area contributed by atoms with Crippen LogP contribution in [0, 0.1) is 0 Å². The molecule has 2 unspecified atom stereocenters. The molecule has 114 valence electrons. The van der Waals surface area contributed by atoms with E-state index in [9.17, 15) is 9.59 Å². The van der Waals surface area contributed by atoms with Gasteiger partial charge in [0.25, 0.3) is 0 Å². The maximum absolute atomic E-state index is 11.8. The summed E-state index contributed by atoms with van der Waals surface area (Å²) in [6.07, 6.45) is 3.23. The van der Waals surface area contributed by atoms with E-state index < -0.39 is 0 Å². The Bertz CT molecular complexity index is 571. The van der Waals surface area contributed by atoms with Gasteiger partial charge >= 0.3 is 0 Å². The highest BCUT2D eigenvalue weighted by Crippen LogP contribution is 2.38. The number of rotatable bonds is 3. The zero-order chi connectivity index (χ0) is 15.0. The largest absolute Gasteiger partial charge is 0.327 e. The Morgan fingerprint density at radius 2 is 2.29 bits per heavy atom. The van der Waals surface area contributed by atoms with E-state index in [1.54, 1.807) is 11.3 Å². The number of hydrogen-bond acceptors (Lipinski definition) is 6. The first-order valence-corrected chi connectivity index (χ1v) is 8.25. The maximum Gasteiger partial charge on any atom is 0.249 e. The molecule has 0 aromatic carbocycles. The number of amides is 2. The number of aryl methyl sites for hydroxylation is 1. The van der Waals surface area contributed by atoms with Gasteiger partial charge < -0.3 is 10.2 Å². The lowest BCUT2D eigenvalue weighted by molar-refractivity contribution is -0.132. The number of aromatic nitrogens is 1. The number of imide groups is 1. The van der Waals surface area contributed by atoms with E-state index in [1.807, 2.05) is 11.8 Å². The molecular formula is C14H20N4O2S. The van der Waals surface area contributed by atoms with Gasteiger partial charge in [-0.2, -0.15) is 0 Å². The molecule has 1 aromatic heterocycles. The number of anilines is 1. The van der Waals surface area contributed by atoms with Crippen LogP contribution in [0.4, 0.5) is 5.13 Å². The van der Waals surface area contributed by atoms with Gasteiger partial charge in [-0.1, -0.05) is 18.3 Å². The van der Waals surface area contributed by atoms with Crippen LogP contribution in [-0.2, 0) is 16.0 Å². The zero-order valence-corrected chi connectivity index (χ0v) is 13.1. The fourth-order valence-electron chi connectivity index (χ4n) is 2.92. The first-order chi connectivity index (χ1) is 10.1. The van der Waals surface area contributed by atoms with Crippen molar-refractivity contribution in [1.82, 2.24) is 15.6 Å². The quantitative estimate of drug-likeness (QED) is 0.814. The topological polar surface area (TPSA) is 74.3 Å². The van der Waals surface area contributed by atoms with E-state index in [2.05, 4.69) is 17.6 Å². The summed E-state index contributed by atoms with van der Waals surface area (Å²) in [4.78, 5) is 31.2. The van der Waals surface area contributed by atoms with Gasteiger partial charge in [-0.15, -0.1) is 0 Å². The number of hydrogen-bond donors (Lipinski definition) is 2. The summed E-state index contributed by atoms with van der Waals surface area (Å²) >= 11 is 1.62. The first kappa shape index (κ1) is 14.5. The van der Waals surface area contributed by atoms with Crippen molar-refractivity contribution in [2.24, 2.45) is 0 Å². The van der Waals surface area contributed by atoms with Gasteiger partial charge in [0, 0.05) is 10.9 Å². The average Bonchev–Trinajstić information content (AvgIpc) is 2.88. The lowest BCUT2D eigenvalue weighted by atomic mass is 9.98. The monoisotopic (exact) mass is 308 g/mol. The second kappa shape index (κ2) is 5.73. The molecule has 1 fully saturated rings. The molecule has 2 amide bonds. The molecule has 1 aliphatic carbocycles. The minimum absolute atomic E-state index is 0.200. The Morgan fingerprint density at radius 1 is 1.48 bits per heavy atom. The summed E-state index contributed by atoms with van der Waals surface area (Å²) in [5.41, 5.74) is 1.12. The summed E-state index contributed by atoms with van der Waals surface area (Å²) in [6.45, 7) is 5.04. The maximum atomic E-state index is 11.8. The van der Waals surface area contributed by atoms with Crippen molar-refractivity contribution in [3.8, 4) is 0 Å². The van der Waals surface area contributed by atoms with Crippen molar-refractivity contribution in [3.05, 3.63) is 10.6 Å². The molecule has 1 saturated heterocycles. The second-order valence-corrected chi connectivity index (χ2v) is 6.54. The van der Waals surface area contributed by atoms with Crippen LogP contribution in [0.1, 0.15) is 43.3 Å². The summed E-state index contributed by atoms with van der Waals surface area (Å²) in [5, 5.41) is 6.65. The predicted molar refractivity (Wildman–Crippen MR) is 81.4 cm³/mol. The van der Waals surface area contributed by atoms with Crippen molar-refractivity contribution < 1.29 is 9.59 Å². The van der Waals surface area contributed by atoms with E-state index >= 15 is 0 Å². The molecule has 0 bridgehead atoms. The molecule has 7 heteroatoms. The molecule has 2 N–H and O–H groups in total. The van der Waals surface area contributed by atoms with Crippen LogP contribution in [-0.4, -0.2) is 35.9 Å². The van der Waals surface area contributed by atoms with Gasteiger partial charge in [-0.3, -0.25) is 14.9 Å². The Balaban J connectivity index is 1.89. The Labute approximate surface area is 127 Å². The molecule has 0 radical (unpaired) electrons. The molecule has 1 aliphatic heterocycles. The Kier molecular flexibility index (Phi) is 3.95. The van der Waals surface area contributed by atoms with E-state index in [0.717, 1.165) is 36.6 Å². The molecular weight excluding hydrogens is 288 g/mol. The predicted octanol–water partition coefficient (Wildman–Crippen LogP) is 0.981. The lowest BCUT2D eigenvalue weighted by Crippen LogP contribution is -2.57. The second-order valence-electron chi connectivity index (χ2n) is 5.53. The van der Waals surface area contributed by atoms with Gasteiger partial charge in [0.05, 0.1) is 5.69 Å². The summed E-state index contributed by atoms with van der Waals surface area (Å²) in [5.74, 6) is -0.503. The zero-order valence-electron chi connectivity index (χ0n) is 12.3. The highest BCUT2D eigenvalue weighted by Gasteiger charge is 2.34. The Hall–Kier alpha value is -1.47. The number of fused-ring (bicyclic) bond motifs is 1. The third-order valence-corrected chi connectivity index (χ3v) is 5.31. The molecule has 2 aliphatic rings. The molecule has 6 nitrogen and oxygen atoms in total. The van der Waals surface area contributed by atoms with Crippen molar-refractivity contribution in [3.63, 3.8) is 0 Å². The van der Waals surface area contributed by atoms with Gasteiger partial charge in [-0.25, -0.2) is 4.98 Å². The molecule has 21 heavy (non-hydrogen) atoms. The lowest BCUT2D eigenvalue weighted by Gasteiger charge is -2.31. The van der Waals surface area contributed by atoms with Gasteiger partial charge in [0.15, 0.2) is 5.13 Å². The van der Waals surface area contributed by atoms with Crippen LogP contribution < -0.4 is 15.5 Å². The smallest absolute Gasteiger partial charge is 0.249 e. The van der Waals surface area contributed by atoms with Crippen LogP contribution in [0.5, 0.6) is 0 Å². The molecule has 2 heterocycles. The number of piperazine rings is 1. The Morgan fingerprint density at radius 3 is 3.05 bits per heavy atom. The standard InChI is InChI=1S/C14H20N4O2S/c1-3-15-9-5-4-6-10-12(9)21-14(16-10)18-7-11(19)17-13(20)8(18)2/h8-9,15H,3-7H2,1-2H3,(H,17,19,20). The SMILES string of the molecule is CCNC1CCCc2nc(N3CC(=O)NC(=O)C3C)sc21. The van der Waals surface area contributed by atoms with Gasteiger partial charge in [0.1, 0.15) is 12.6 Å². The molecule has 1 aromatic rings. The normalized spacial score (nSPS) is 25.7. The van der Waals surface area contributed by atoms with Crippen LogP contribution in [0.2, 0.25) is 0 Å². The number of nitrogens with one attached hydrogen (secondary N) is 2. The van der Waals surface area contributed by atoms with Crippen LogP contribution in [0.25, 0.3) is 0 Å².